The van der Waals surface area contributed by atoms with Gasteiger partial charge in [0.15, 0.2) is 0 Å². The molecular formula is C16H28N2O7. The summed E-state index contributed by atoms with van der Waals surface area (Å²) in [6.07, 6.45) is -0.768. The molecule has 6 N–H and O–H groups in total. The Labute approximate surface area is 146 Å². The molecule has 0 saturated heterocycles. The number of aromatic nitrogens is 2. The Bertz CT molecular complexity index is 474. The van der Waals surface area contributed by atoms with Gasteiger partial charge in [-0.15, -0.1) is 0 Å². The summed E-state index contributed by atoms with van der Waals surface area (Å²) in [4.78, 5) is 8.41. The van der Waals surface area contributed by atoms with E-state index in [-0.39, 0.29) is 6.42 Å². The molecule has 25 heavy (non-hydrogen) atoms. The molecule has 1 aromatic rings. The highest BCUT2D eigenvalue weighted by Gasteiger charge is 2.25. The Morgan fingerprint density at radius 2 is 1.60 bits per heavy atom. The van der Waals surface area contributed by atoms with E-state index in [1.54, 1.807) is 0 Å². The van der Waals surface area contributed by atoms with Gasteiger partial charge in [0.05, 0.1) is 43.5 Å². The first-order chi connectivity index (χ1) is 12.0. The Balaban J connectivity index is 2.80. The molecule has 0 unspecified atom stereocenters. The quantitative estimate of drug-likeness (QED) is 0.256. The van der Waals surface area contributed by atoms with Gasteiger partial charge >= 0.3 is 0 Å². The summed E-state index contributed by atoms with van der Waals surface area (Å²) in [5, 5.41) is 55.8. The average molecular weight is 360 g/mol. The minimum Gasteiger partial charge on any atom is -0.394 e. The first kappa shape index (κ1) is 21.8. The highest BCUT2D eigenvalue weighted by molar-refractivity contribution is 5.07. The van der Waals surface area contributed by atoms with Crippen molar-refractivity contribution in [1.29, 1.82) is 0 Å². The van der Waals surface area contributed by atoms with Crippen LogP contribution in [-0.4, -0.2) is 84.8 Å². The van der Waals surface area contributed by atoms with Crippen LogP contribution in [-0.2, 0) is 11.2 Å². The zero-order valence-corrected chi connectivity index (χ0v) is 14.3. The molecule has 0 aliphatic carbocycles. The second-order valence-electron chi connectivity index (χ2n) is 5.84. The Kier molecular flexibility index (Phi) is 9.98. The van der Waals surface area contributed by atoms with Crippen molar-refractivity contribution < 1.29 is 35.4 Å². The van der Waals surface area contributed by atoms with Crippen LogP contribution in [0, 0.1) is 0 Å². The van der Waals surface area contributed by atoms with Gasteiger partial charge < -0.3 is 35.4 Å². The van der Waals surface area contributed by atoms with Gasteiger partial charge in [-0.3, -0.25) is 9.97 Å². The van der Waals surface area contributed by atoms with Crippen molar-refractivity contribution in [2.75, 3.05) is 19.8 Å². The van der Waals surface area contributed by atoms with E-state index in [0.717, 1.165) is 6.42 Å². The summed E-state index contributed by atoms with van der Waals surface area (Å²) < 4.78 is 5.67. The highest BCUT2D eigenvalue weighted by atomic mass is 16.5. The molecule has 9 heteroatoms. The molecule has 0 aromatic carbocycles. The second-order valence-corrected chi connectivity index (χ2v) is 5.84. The van der Waals surface area contributed by atoms with Gasteiger partial charge in [0.25, 0.3) is 0 Å². The van der Waals surface area contributed by atoms with E-state index >= 15 is 0 Å². The van der Waals surface area contributed by atoms with E-state index < -0.39 is 50.3 Å². The topological polar surface area (TPSA) is 156 Å². The largest absolute Gasteiger partial charge is 0.394 e. The molecule has 0 radical (unpaired) electrons. The molecule has 0 fully saturated rings. The van der Waals surface area contributed by atoms with Crippen molar-refractivity contribution in [3.8, 4) is 0 Å². The Morgan fingerprint density at radius 3 is 2.08 bits per heavy atom. The van der Waals surface area contributed by atoms with Crippen LogP contribution in [0.15, 0.2) is 12.4 Å². The lowest BCUT2D eigenvalue weighted by molar-refractivity contribution is -0.114. The maximum Gasteiger partial charge on any atom is 0.110 e. The molecule has 0 spiro atoms. The summed E-state index contributed by atoms with van der Waals surface area (Å²) in [5.74, 6) is 0. The van der Waals surface area contributed by atoms with Crippen LogP contribution in [0.1, 0.15) is 37.3 Å². The van der Waals surface area contributed by atoms with Gasteiger partial charge in [-0.1, -0.05) is 13.3 Å². The average Bonchev–Trinajstić information content (AvgIpc) is 2.64. The van der Waals surface area contributed by atoms with E-state index in [2.05, 4.69) is 9.97 Å². The van der Waals surface area contributed by atoms with E-state index in [1.165, 1.54) is 12.4 Å². The minimum atomic E-state index is -1.25. The first-order valence-electron chi connectivity index (χ1n) is 8.29. The molecule has 1 aromatic heterocycles. The highest BCUT2D eigenvalue weighted by Crippen LogP contribution is 2.23. The molecular weight excluding hydrogens is 332 g/mol. The normalized spacial score (nSPS) is 17.7. The van der Waals surface area contributed by atoms with Crippen molar-refractivity contribution in [2.45, 2.75) is 56.7 Å². The maximum atomic E-state index is 9.69. The van der Waals surface area contributed by atoms with Crippen molar-refractivity contribution in [1.82, 2.24) is 9.97 Å². The fourth-order valence-corrected chi connectivity index (χ4v) is 2.24. The number of aliphatic hydroxyl groups is 6. The number of ether oxygens (including phenoxy) is 1. The van der Waals surface area contributed by atoms with Crippen LogP contribution in [0.25, 0.3) is 0 Å². The molecule has 9 nitrogen and oxygen atoms in total. The van der Waals surface area contributed by atoms with Gasteiger partial charge in [-0.05, 0) is 6.42 Å². The summed E-state index contributed by atoms with van der Waals surface area (Å²) >= 11 is 0. The number of hydrogen-bond acceptors (Lipinski definition) is 9. The van der Waals surface area contributed by atoms with Crippen molar-refractivity contribution >= 4 is 0 Å². The lowest BCUT2D eigenvalue weighted by atomic mass is 10.1. The molecule has 0 aliphatic heterocycles. The molecule has 144 valence electrons. The van der Waals surface area contributed by atoms with E-state index in [9.17, 15) is 20.4 Å². The van der Waals surface area contributed by atoms with E-state index in [0.29, 0.717) is 17.8 Å². The van der Waals surface area contributed by atoms with Crippen LogP contribution in [0.3, 0.4) is 0 Å². The Morgan fingerprint density at radius 1 is 0.920 bits per heavy atom. The van der Waals surface area contributed by atoms with E-state index in [4.69, 9.17) is 14.9 Å². The fraction of sp³-hybridized carbons (Fsp3) is 0.750. The van der Waals surface area contributed by atoms with Gasteiger partial charge in [0.2, 0.25) is 0 Å². The summed E-state index contributed by atoms with van der Waals surface area (Å²) in [6, 6.07) is 0. The summed E-state index contributed by atoms with van der Waals surface area (Å²) in [6.45, 7) is 0.425. The summed E-state index contributed by atoms with van der Waals surface area (Å²) in [5.41, 5.74) is 0.930. The molecule has 0 bridgehead atoms. The number of hydrogen-bond donors (Lipinski definition) is 6. The standard InChI is InChI=1S/C16H28N2O7/c1-2-3-15(25-16(9-21)14(24)8-20)11-6-17-10(5-18-11)4-12(22)13(23)7-19/h5-6,12-16,19-24H,2-4,7-9H2,1H3/t12-,13+,14+,15+,16+/m0/s1. The van der Waals surface area contributed by atoms with Crippen LogP contribution < -0.4 is 0 Å². The maximum absolute atomic E-state index is 9.69. The number of rotatable bonds is 12. The SMILES string of the molecule is CCC[C@@H](O[C@H](CO)[C@H](O)CO)c1cnc(C[C@H](O)[C@H](O)CO)cn1. The van der Waals surface area contributed by atoms with Crippen LogP contribution in [0.4, 0.5) is 0 Å². The van der Waals surface area contributed by atoms with Gasteiger partial charge in [-0.2, -0.15) is 0 Å². The van der Waals surface area contributed by atoms with Crippen molar-refractivity contribution in [2.24, 2.45) is 0 Å². The van der Waals surface area contributed by atoms with Gasteiger partial charge in [-0.25, -0.2) is 0 Å². The Hall–Kier alpha value is -1.20. The minimum absolute atomic E-state index is 0.0385. The zero-order valence-electron chi connectivity index (χ0n) is 14.3. The number of aliphatic hydroxyl groups excluding tert-OH is 6. The predicted octanol–water partition coefficient (Wildman–Crippen LogP) is -1.69. The lowest BCUT2D eigenvalue weighted by Gasteiger charge is -2.25. The smallest absolute Gasteiger partial charge is 0.110 e. The molecule has 0 saturated carbocycles. The monoisotopic (exact) mass is 360 g/mol. The molecule has 1 heterocycles. The molecule has 0 aliphatic rings. The predicted molar refractivity (Wildman–Crippen MR) is 87.5 cm³/mol. The lowest BCUT2D eigenvalue weighted by Crippen LogP contribution is -2.36. The third-order valence-corrected chi connectivity index (χ3v) is 3.79. The molecule has 5 atom stereocenters. The second kappa shape index (κ2) is 11.4. The van der Waals surface area contributed by atoms with Crippen LogP contribution in [0.2, 0.25) is 0 Å². The molecule has 1 rings (SSSR count). The van der Waals surface area contributed by atoms with E-state index in [1.807, 2.05) is 6.92 Å². The van der Waals surface area contributed by atoms with Crippen LogP contribution >= 0.6 is 0 Å². The van der Waals surface area contributed by atoms with Gasteiger partial charge in [0.1, 0.15) is 24.4 Å². The van der Waals surface area contributed by atoms with Crippen molar-refractivity contribution in [3.05, 3.63) is 23.8 Å². The first-order valence-corrected chi connectivity index (χ1v) is 8.29. The third-order valence-electron chi connectivity index (χ3n) is 3.79. The van der Waals surface area contributed by atoms with Gasteiger partial charge in [0, 0.05) is 12.6 Å². The third kappa shape index (κ3) is 6.90. The molecule has 0 amide bonds. The van der Waals surface area contributed by atoms with Crippen LogP contribution in [0.5, 0.6) is 0 Å². The summed E-state index contributed by atoms with van der Waals surface area (Å²) in [7, 11) is 0. The number of nitrogens with zero attached hydrogens (tertiary/aromatic N) is 2. The van der Waals surface area contributed by atoms with Crippen molar-refractivity contribution in [3.63, 3.8) is 0 Å². The fourth-order valence-electron chi connectivity index (χ4n) is 2.24. The zero-order chi connectivity index (χ0) is 18.8.